The number of sulfone groups is 1. The first-order chi connectivity index (χ1) is 21.0. The molecule has 6 rings (SSSR count). The number of aliphatic hydroxyl groups is 1. The standard InChI is InChI=1S/C34H41Cl2FN2O5S/c1-31(2)11-13-32(14-12-31)18-23(26(40)16-20-6-9-33(42,10-7-20)19-45(3,43)44)27(22-8-15-38-29(36)28(22)37)34(32)24-5-4-21(35)17-25(24)39-30(34)41/h4-5,8,15,17,20,23,27,42H,6-7,9-14,16,18-19H2,1-3H3,(H,39,41)/t20?,23-,27-,33?,34+/m0/s1. The van der Waals surface area contributed by atoms with Gasteiger partial charge in [-0.15, -0.1) is 0 Å². The molecule has 4 aliphatic rings. The van der Waals surface area contributed by atoms with Crippen molar-refractivity contribution in [3.05, 3.63) is 57.6 Å². The summed E-state index contributed by atoms with van der Waals surface area (Å²) in [6.07, 6.45) is 7.94. The van der Waals surface area contributed by atoms with Crippen LogP contribution in [0.3, 0.4) is 0 Å². The number of ketones is 1. The fraction of sp³-hybridized carbons (Fsp3) is 0.618. The van der Waals surface area contributed by atoms with Crippen LogP contribution in [0, 0.1) is 28.5 Å². The molecule has 0 saturated heterocycles. The summed E-state index contributed by atoms with van der Waals surface area (Å²) >= 11 is 12.6. The number of hydrogen-bond donors (Lipinski definition) is 2. The number of anilines is 1. The largest absolute Gasteiger partial charge is 0.389 e. The molecule has 3 aliphatic carbocycles. The Morgan fingerprint density at radius 2 is 1.76 bits per heavy atom. The summed E-state index contributed by atoms with van der Waals surface area (Å²) in [5.74, 6) is -2.83. The Bertz CT molecular complexity index is 1650. The summed E-state index contributed by atoms with van der Waals surface area (Å²) in [5, 5.41) is 14.2. The molecule has 2 heterocycles. The van der Waals surface area contributed by atoms with Crippen molar-refractivity contribution in [1.82, 2.24) is 4.98 Å². The predicted molar refractivity (Wildman–Crippen MR) is 173 cm³/mol. The van der Waals surface area contributed by atoms with Gasteiger partial charge in [-0.2, -0.15) is 0 Å². The number of fused-ring (bicyclic) bond motifs is 3. The van der Waals surface area contributed by atoms with Crippen molar-refractivity contribution < 1.29 is 27.5 Å². The summed E-state index contributed by atoms with van der Waals surface area (Å²) < 4.78 is 39.9. The second kappa shape index (κ2) is 11.3. The zero-order chi connectivity index (χ0) is 32.6. The molecule has 1 aromatic heterocycles. The molecule has 2 aromatic rings. The van der Waals surface area contributed by atoms with E-state index >= 15 is 4.39 Å². The van der Waals surface area contributed by atoms with E-state index < -0.39 is 43.9 Å². The minimum absolute atomic E-state index is 0.0396. The van der Waals surface area contributed by atoms with Gasteiger partial charge in [0.15, 0.2) is 11.0 Å². The molecule has 1 aromatic carbocycles. The van der Waals surface area contributed by atoms with Crippen LogP contribution in [0.2, 0.25) is 10.2 Å². The number of carbonyl (C=O) groups excluding carboxylic acids is 2. The van der Waals surface area contributed by atoms with E-state index in [0.717, 1.165) is 24.7 Å². The van der Waals surface area contributed by atoms with Crippen LogP contribution in [0.1, 0.15) is 95.1 Å². The molecule has 244 valence electrons. The number of carbonyl (C=O) groups is 2. The molecule has 45 heavy (non-hydrogen) atoms. The van der Waals surface area contributed by atoms with Crippen LogP contribution >= 0.6 is 23.2 Å². The van der Waals surface area contributed by atoms with E-state index in [2.05, 4.69) is 24.1 Å². The molecule has 2 N–H and O–H groups in total. The SMILES string of the molecule is CC1(C)CCC2(CC1)C[C@@H](C(=O)CC1CCC(O)(CS(C)(=O)=O)CC1)[C@H](c1ccnc(Cl)c1F)[C@]21C(=O)Nc2cc(Cl)ccc21. The van der Waals surface area contributed by atoms with Crippen LogP contribution in [-0.4, -0.2) is 47.8 Å². The highest BCUT2D eigenvalue weighted by molar-refractivity contribution is 7.90. The Morgan fingerprint density at radius 1 is 1.09 bits per heavy atom. The Hall–Kier alpha value is -2.07. The molecule has 11 heteroatoms. The van der Waals surface area contributed by atoms with Crippen LogP contribution in [0.15, 0.2) is 30.5 Å². The number of pyridine rings is 1. The Kier molecular flexibility index (Phi) is 8.23. The number of nitrogens with one attached hydrogen (secondary N) is 1. The van der Waals surface area contributed by atoms with Crippen molar-refractivity contribution in [3.8, 4) is 0 Å². The van der Waals surface area contributed by atoms with Gasteiger partial charge in [0.2, 0.25) is 5.91 Å². The molecular formula is C34H41Cl2FN2O5S. The van der Waals surface area contributed by atoms with Crippen molar-refractivity contribution in [2.75, 3.05) is 17.3 Å². The van der Waals surface area contributed by atoms with E-state index in [9.17, 15) is 23.1 Å². The van der Waals surface area contributed by atoms with E-state index in [0.29, 0.717) is 55.7 Å². The maximum atomic E-state index is 16.1. The van der Waals surface area contributed by atoms with E-state index in [1.165, 1.54) is 6.20 Å². The highest BCUT2D eigenvalue weighted by Gasteiger charge is 2.72. The lowest BCUT2D eigenvalue weighted by Gasteiger charge is -2.51. The number of benzene rings is 1. The van der Waals surface area contributed by atoms with Crippen LogP contribution in [0.25, 0.3) is 0 Å². The molecule has 0 radical (unpaired) electrons. The Balaban J connectivity index is 1.44. The van der Waals surface area contributed by atoms with Crippen molar-refractivity contribution in [2.24, 2.45) is 22.7 Å². The Labute approximate surface area is 274 Å². The third kappa shape index (κ3) is 5.63. The van der Waals surface area contributed by atoms with Gasteiger partial charge in [-0.3, -0.25) is 9.59 Å². The number of aromatic nitrogens is 1. The molecule has 1 aliphatic heterocycles. The number of nitrogens with zero attached hydrogens (tertiary/aromatic N) is 1. The molecule has 0 bridgehead atoms. The van der Waals surface area contributed by atoms with Crippen molar-refractivity contribution >= 4 is 50.4 Å². The van der Waals surface area contributed by atoms with Gasteiger partial charge in [0.1, 0.15) is 15.6 Å². The van der Waals surface area contributed by atoms with Gasteiger partial charge in [-0.1, -0.05) is 43.1 Å². The quantitative estimate of drug-likeness (QED) is 0.317. The van der Waals surface area contributed by atoms with Gasteiger partial charge in [-0.25, -0.2) is 17.8 Å². The van der Waals surface area contributed by atoms with Crippen molar-refractivity contribution in [1.29, 1.82) is 0 Å². The summed E-state index contributed by atoms with van der Waals surface area (Å²) in [6, 6.07) is 6.91. The molecule has 3 atom stereocenters. The van der Waals surface area contributed by atoms with Gasteiger partial charge >= 0.3 is 0 Å². The van der Waals surface area contributed by atoms with Gasteiger partial charge in [-0.05, 0) is 104 Å². The molecule has 2 spiro atoms. The molecule has 3 saturated carbocycles. The summed E-state index contributed by atoms with van der Waals surface area (Å²) in [4.78, 5) is 33.1. The number of hydrogen-bond acceptors (Lipinski definition) is 6. The normalized spacial score (nSPS) is 32.1. The average molecular weight is 680 g/mol. The van der Waals surface area contributed by atoms with Crippen LogP contribution in [0.4, 0.5) is 10.1 Å². The topological polar surface area (TPSA) is 113 Å². The average Bonchev–Trinajstić information content (AvgIpc) is 3.40. The Morgan fingerprint density at radius 3 is 2.40 bits per heavy atom. The second-order valence-corrected chi connectivity index (χ2v) is 18.0. The first-order valence-corrected chi connectivity index (χ1v) is 18.7. The van der Waals surface area contributed by atoms with Crippen LogP contribution in [-0.2, 0) is 24.8 Å². The number of amides is 1. The summed E-state index contributed by atoms with van der Waals surface area (Å²) in [6.45, 7) is 4.45. The number of rotatable bonds is 6. The number of Topliss-reactive ketones (excluding diaryl/α,β-unsaturated/α-hetero) is 1. The molecule has 7 nitrogen and oxygen atoms in total. The van der Waals surface area contributed by atoms with Gasteiger partial charge in [0.05, 0.1) is 16.8 Å². The lowest BCUT2D eigenvalue weighted by Crippen LogP contribution is -2.52. The van der Waals surface area contributed by atoms with Crippen molar-refractivity contribution in [2.45, 2.75) is 95.0 Å². The van der Waals surface area contributed by atoms with Crippen LogP contribution < -0.4 is 5.32 Å². The minimum Gasteiger partial charge on any atom is -0.389 e. The monoisotopic (exact) mass is 678 g/mol. The summed E-state index contributed by atoms with van der Waals surface area (Å²) in [5.41, 5.74) is -1.51. The van der Waals surface area contributed by atoms with E-state index in [1.807, 2.05) is 6.07 Å². The van der Waals surface area contributed by atoms with E-state index in [-0.39, 0.29) is 45.9 Å². The zero-order valence-corrected chi connectivity index (χ0v) is 28.3. The molecule has 0 unspecified atom stereocenters. The second-order valence-electron chi connectivity index (χ2n) is 15.1. The molecule has 1 amide bonds. The van der Waals surface area contributed by atoms with E-state index in [4.69, 9.17) is 23.2 Å². The zero-order valence-electron chi connectivity index (χ0n) is 26.0. The molecular weight excluding hydrogens is 638 g/mol. The summed E-state index contributed by atoms with van der Waals surface area (Å²) in [7, 11) is -3.37. The van der Waals surface area contributed by atoms with Gasteiger partial charge < -0.3 is 10.4 Å². The van der Waals surface area contributed by atoms with Crippen molar-refractivity contribution in [3.63, 3.8) is 0 Å². The minimum atomic E-state index is -3.37. The fourth-order valence-electron chi connectivity index (χ4n) is 9.39. The maximum absolute atomic E-state index is 16.1. The highest BCUT2D eigenvalue weighted by atomic mass is 35.5. The third-order valence-electron chi connectivity index (χ3n) is 11.6. The smallest absolute Gasteiger partial charge is 0.236 e. The highest BCUT2D eigenvalue weighted by Crippen LogP contribution is 2.72. The predicted octanol–water partition coefficient (Wildman–Crippen LogP) is 7.03. The third-order valence-corrected chi connectivity index (χ3v) is 13.1. The number of halogens is 3. The lowest BCUT2D eigenvalue weighted by molar-refractivity contribution is -0.127. The van der Waals surface area contributed by atoms with E-state index in [1.54, 1.807) is 18.2 Å². The first-order valence-electron chi connectivity index (χ1n) is 15.8. The first kappa shape index (κ1) is 32.9. The van der Waals surface area contributed by atoms with Gasteiger partial charge in [0, 0.05) is 41.4 Å². The maximum Gasteiger partial charge on any atom is 0.236 e. The lowest BCUT2D eigenvalue weighted by atomic mass is 9.51. The van der Waals surface area contributed by atoms with Crippen LogP contribution in [0.5, 0.6) is 0 Å². The van der Waals surface area contributed by atoms with Gasteiger partial charge in [0.25, 0.3) is 0 Å². The molecule has 3 fully saturated rings. The fourth-order valence-corrected chi connectivity index (χ4v) is 11.0.